The molecule has 0 spiro atoms. The average molecular weight is 256 g/mol. The molecule has 1 aromatic carbocycles. The quantitative estimate of drug-likeness (QED) is 0.846. The van der Waals surface area contributed by atoms with Gasteiger partial charge in [0.2, 0.25) is 0 Å². The molecule has 0 radical (unpaired) electrons. The Bertz CT molecular complexity index is 256. The van der Waals surface area contributed by atoms with Crippen LogP contribution >= 0.6 is 15.9 Å². The molecule has 0 saturated heterocycles. The molecule has 1 aromatic rings. The van der Waals surface area contributed by atoms with Gasteiger partial charge in [0, 0.05) is 17.1 Å². The minimum absolute atomic E-state index is 0.614. The molecule has 14 heavy (non-hydrogen) atoms. The zero-order valence-corrected chi connectivity index (χ0v) is 10.5. The second-order valence-corrected chi connectivity index (χ2v) is 4.61. The molecule has 0 fully saturated rings. The van der Waals surface area contributed by atoms with Crippen LogP contribution < -0.4 is 5.32 Å². The van der Waals surface area contributed by atoms with E-state index >= 15 is 0 Å². The Hall–Kier alpha value is -0.340. The summed E-state index contributed by atoms with van der Waals surface area (Å²) in [6.45, 7) is 5.43. The standard InChI is InChI=1S/C12H18BrN/c1-3-4-10(2)14-9-11-5-7-12(13)8-6-11/h5-8,10,14H,3-4,9H2,1-2H3. The van der Waals surface area contributed by atoms with Crippen molar-refractivity contribution < 1.29 is 0 Å². The van der Waals surface area contributed by atoms with Crippen LogP contribution in [0.25, 0.3) is 0 Å². The number of hydrogen-bond acceptors (Lipinski definition) is 1. The molecule has 0 aliphatic heterocycles. The lowest BCUT2D eigenvalue weighted by atomic mass is 10.1. The van der Waals surface area contributed by atoms with Crippen LogP contribution in [0, 0.1) is 0 Å². The summed E-state index contributed by atoms with van der Waals surface area (Å²) < 4.78 is 1.14. The number of hydrogen-bond donors (Lipinski definition) is 1. The van der Waals surface area contributed by atoms with Crippen LogP contribution in [-0.4, -0.2) is 6.04 Å². The van der Waals surface area contributed by atoms with Crippen molar-refractivity contribution in [2.75, 3.05) is 0 Å². The molecule has 0 amide bonds. The van der Waals surface area contributed by atoms with Crippen molar-refractivity contribution >= 4 is 15.9 Å². The molecule has 0 aliphatic rings. The summed E-state index contributed by atoms with van der Waals surface area (Å²) in [6, 6.07) is 9.08. The van der Waals surface area contributed by atoms with Crippen LogP contribution in [0.3, 0.4) is 0 Å². The Balaban J connectivity index is 2.34. The number of rotatable bonds is 5. The highest BCUT2D eigenvalue weighted by molar-refractivity contribution is 9.10. The zero-order valence-electron chi connectivity index (χ0n) is 8.89. The maximum atomic E-state index is 3.50. The van der Waals surface area contributed by atoms with Gasteiger partial charge in [-0.15, -0.1) is 0 Å². The molecule has 1 nitrogen and oxygen atoms in total. The van der Waals surface area contributed by atoms with Crippen molar-refractivity contribution in [1.82, 2.24) is 5.32 Å². The monoisotopic (exact) mass is 255 g/mol. The fourth-order valence-corrected chi connectivity index (χ4v) is 1.69. The lowest BCUT2D eigenvalue weighted by Crippen LogP contribution is -2.24. The van der Waals surface area contributed by atoms with Gasteiger partial charge in [0.15, 0.2) is 0 Å². The minimum Gasteiger partial charge on any atom is -0.310 e. The van der Waals surface area contributed by atoms with Crippen molar-refractivity contribution in [1.29, 1.82) is 0 Å². The molecule has 0 saturated carbocycles. The van der Waals surface area contributed by atoms with E-state index < -0.39 is 0 Å². The lowest BCUT2D eigenvalue weighted by molar-refractivity contribution is 0.508. The van der Waals surface area contributed by atoms with E-state index in [1.807, 2.05) is 0 Å². The first-order valence-corrected chi connectivity index (χ1v) is 5.99. The molecule has 0 heterocycles. The van der Waals surface area contributed by atoms with Gasteiger partial charge in [0.05, 0.1) is 0 Å². The Labute approximate surface area is 95.0 Å². The Morgan fingerprint density at radius 2 is 1.93 bits per heavy atom. The molecule has 1 atom stereocenters. The SMILES string of the molecule is CCCC(C)NCc1ccc(Br)cc1. The van der Waals surface area contributed by atoms with Crippen LogP contribution in [0.1, 0.15) is 32.3 Å². The van der Waals surface area contributed by atoms with Gasteiger partial charge in [-0.25, -0.2) is 0 Å². The first-order valence-electron chi connectivity index (χ1n) is 5.20. The van der Waals surface area contributed by atoms with Gasteiger partial charge in [-0.3, -0.25) is 0 Å². The Kier molecular flexibility index (Phi) is 5.20. The largest absolute Gasteiger partial charge is 0.310 e. The molecular formula is C12H18BrN. The maximum absolute atomic E-state index is 3.50. The van der Waals surface area contributed by atoms with Crippen LogP contribution in [0.5, 0.6) is 0 Å². The third-order valence-electron chi connectivity index (χ3n) is 2.29. The van der Waals surface area contributed by atoms with Gasteiger partial charge in [0.25, 0.3) is 0 Å². The average Bonchev–Trinajstić information content (AvgIpc) is 2.17. The molecule has 0 bridgehead atoms. The Morgan fingerprint density at radius 1 is 1.29 bits per heavy atom. The van der Waals surface area contributed by atoms with E-state index in [0.717, 1.165) is 11.0 Å². The smallest absolute Gasteiger partial charge is 0.0207 e. The molecule has 0 aliphatic carbocycles. The fraction of sp³-hybridized carbons (Fsp3) is 0.500. The maximum Gasteiger partial charge on any atom is 0.0207 e. The number of halogens is 1. The summed E-state index contributed by atoms with van der Waals surface area (Å²) in [7, 11) is 0. The highest BCUT2D eigenvalue weighted by Gasteiger charge is 1.99. The van der Waals surface area contributed by atoms with E-state index in [-0.39, 0.29) is 0 Å². The van der Waals surface area contributed by atoms with Crippen molar-refractivity contribution in [3.05, 3.63) is 34.3 Å². The first-order chi connectivity index (χ1) is 6.72. The van der Waals surface area contributed by atoms with Gasteiger partial charge >= 0.3 is 0 Å². The fourth-order valence-electron chi connectivity index (χ4n) is 1.43. The van der Waals surface area contributed by atoms with Gasteiger partial charge in [0.1, 0.15) is 0 Å². The second-order valence-electron chi connectivity index (χ2n) is 3.70. The Morgan fingerprint density at radius 3 is 2.50 bits per heavy atom. The molecule has 0 aromatic heterocycles. The number of nitrogens with one attached hydrogen (secondary N) is 1. The zero-order chi connectivity index (χ0) is 10.4. The van der Waals surface area contributed by atoms with Gasteiger partial charge in [-0.05, 0) is 31.0 Å². The van der Waals surface area contributed by atoms with Crippen molar-refractivity contribution in [3.8, 4) is 0 Å². The van der Waals surface area contributed by atoms with Gasteiger partial charge in [-0.2, -0.15) is 0 Å². The van der Waals surface area contributed by atoms with Crippen molar-refractivity contribution in [2.24, 2.45) is 0 Å². The molecule has 1 rings (SSSR count). The lowest BCUT2D eigenvalue weighted by Gasteiger charge is -2.12. The topological polar surface area (TPSA) is 12.0 Å². The van der Waals surface area contributed by atoms with Gasteiger partial charge < -0.3 is 5.32 Å². The third-order valence-corrected chi connectivity index (χ3v) is 2.82. The second kappa shape index (κ2) is 6.20. The summed E-state index contributed by atoms with van der Waals surface area (Å²) in [5.41, 5.74) is 1.34. The van der Waals surface area contributed by atoms with E-state index in [0.29, 0.717) is 6.04 Å². The number of benzene rings is 1. The summed E-state index contributed by atoms with van der Waals surface area (Å²) >= 11 is 3.43. The van der Waals surface area contributed by atoms with Crippen LogP contribution in [0.2, 0.25) is 0 Å². The normalized spacial score (nSPS) is 12.8. The summed E-state index contributed by atoms with van der Waals surface area (Å²) in [5, 5.41) is 3.50. The summed E-state index contributed by atoms with van der Waals surface area (Å²) in [6.07, 6.45) is 2.49. The molecule has 1 N–H and O–H groups in total. The van der Waals surface area contributed by atoms with Crippen LogP contribution in [-0.2, 0) is 6.54 Å². The molecule has 78 valence electrons. The van der Waals surface area contributed by atoms with E-state index in [4.69, 9.17) is 0 Å². The molecule has 2 heteroatoms. The summed E-state index contributed by atoms with van der Waals surface area (Å²) in [4.78, 5) is 0. The minimum atomic E-state index is 0.614. The van der Waals surface area contributed by atoms with Crippen molar-refractivity contribution in [2.45, 2.75) is 39.3 Å². The first kappa shape index (κ1) is 11.7. The van der Waals surface area contributed by atoms with Crippen LogP contribution in [0.4, 0.5) is 0 Å². The van der Waals surface area contributed by atoms with Gasteiger partial charge in [-0.1, -0.05) is 41.4 Å². The summed E-state index contributed by atoms with van der Waals surface area (Å²) in [5.74, 6) is 0. The van der Waals surface area contributed by atoms with E-state index in [2.05, 4.69) is 59.4 Å². The van der Waals surface area contributed by atoms with E-state index in [1.165, 1.54) is 18.4 Å². The van der Waals surface area contributed by atoms with E-state index in [9.17, 15) is 0 Å². The van der Waals surface area contributed by atoms with Crippen molar-refractivity contribution in [3.63, 3.8) is 0 Å². The molecular weight excluding hydrogens is 238 g/mol. The van der Waals surface area contributed by atoms with E-state index in [1.54, 1.807) is 0 Å². The molecule has 1 unspecified atom stereocenters. The van der Waals surface area contributed by atoms with Crippen LogP contribution in [0.15, 0.2) is 28.7 Å². The predicted molar refractivity (Wildman–Crippen MR) is 65.4 cm³/mol. The predicted octanol–water partition coefficient (Wildman–Crippen LogP) is 3.73. The highest BCUT2D eigenvalue weighted by Crippen LogP contribution is 2.10. The third kappa shape index (κ3) is 4.25. The highest BCUT2D eigenvalue weighted by atomic mass is 79.9.